The fourth-order valence-electron chi connectivity index (χ4n) is 8.24. The second-order valence-electron chi connectivity index (χ2n) is 16.4. The van der Waals surface area contributed by atoms with Crippen LogP contribution in [0, 0.1) is 5.92 Å². The summed E-state index contributed by atoms with van der Waals surface area (Å²) in [4.78, 5) is 2.29. The highest BCUT2D eigenvalue weighted by atomic mass is 32.2. The summed E-state index contributed by atoms with van der Waals surface area (Å²) < 4.78 is 68.3. The lowest BCUT2D eigenvalue weighted by Crippen LogP contribution is -2.28. The third kappa shape index (κ3) is 10.0. The molecule has 0 radical (unpaired) electrons. The van der Waals surface area contributed by atoms with E-state index in [-0.39, 0.29) is 22.3 Å². The first-order valence-electron chi connectivity index (χ1n) is 19.5. The molecule has 11 heteroatoms. The van der Waals surface area contributed by atoms with Gasteiger partial charge in [0.2, 0.25) is 5.69 Å². The van der Waals surface area contributed by atoms with Crippen molar-refractivity contribution in [2.45, 2.75) is 104 Å². The van der Waals surface area contributed by atoms with E-state index in [2.05, 4.69) is 117 Å². The second kappa shape index (κ2) is 17.1. The summed E-state index contributed by atoms with van der Waals surface area (Å²) in [7, 11) is -8.25. The summed E-state index contributed by atoms with van der Waals surface area (Å²) >= 11 is 0. The highest BCUT2D eigenvalue weighted by molar-refractivity contribution is 7.85. The van der Waals surface area contributed by atoms with Crippen LogP contribution in [0.2, 0.25) is 0 Å². The van der Waals surface area contributed by atoms with Gasteiger partial charge >= 0.3 is 0 Å². The number of nitrogens with zero attached hydrogens (tertiary/aromatic N) is 2. The fourth-order valence-corrected chi connectivity index (χ4v) is 9.36. The van der Waals surface area contributed by atoms with E-state index in [0.29, 0.717) is 44.7 Å². The molecule has 0 aromatic heterocycles. The van der Waals surface area contributed by atoms with E-state index in [1.807, 2.05) is 12.1 Å². The number of benzene rings is 2. The summed E-state index contributed by atoms with van der Waals surface area (Å²) in [5.41, 5.74) is 10.2. The Kier molecular flexibility index (Phi) is 13.2. The van der Waals surface area contributed by atoms with Gasteiger partial charge < -0.3 is 14.8 Å². The number of nitrogens with one attached hydrogen (secondary N) is 1. The molecule has 0 atom stereocenters. The van der Waals surface area contributed by atoms with E-state index < -0.39 is 20.2 Å². The smallest absolute Gasteiger partial charge is 0.264 e. The van der Waals surface area contributed by atoms with Crippen molar-refractivity contribution in [1.29, 1.82) is 0 Å². The van der Waals surface area contributed by atoms with E-state index in [1.165, 1.54) is 28.0 Å². The molecule has 2 heterocycles. The minimum absolute atomic E-state index is 0.242. The molecule has 2 aromatic rings. The molecule has 2 aliphatic heterocycles. The van der Waals surface area contributed by atoms with Crippen molar-refractivity contribution in [2.24, 2.45) is 5.92 Å². The molecule has 0 bridgehead atoms. The van der Waals surface area contributed by atoms with Crippen LogP contribution in [-0.4, -0.2) is 67.4 Å². The third-order valence-electron chi connectivity index (χ3n) is 11.1. The molecule has 5 rings (SSSR count). The monoisotopic (exact) mass is 777 g/mol. The van der Waals surface area contributed by atoms with Crippen molar-refractivity contribution in [1.82, 2.24) is 5.32 Å². The molecular formula is C43H59N3O6S2. The molecule has 54 heavy (non-hydrogen) atoms. The molecule has 0 fully saturated rings. The number of rotatable bonds is 18. The maximum Gasteiger partial charge on any atom is 0.264 e. The zero-order valence-corrected chi connectivity index (χ0v) is 34.5. The van der Waals surface area contributed by atoms with Crippen LogP contribution in [0.4, 0.5) is 11.4 Å². The van der Waals surface area contributed by atoms with Crippen molar-refractivity contribution in [3.63, 3.8) is 0 Å². The predicted molar refractivity (Wildman–Crippen MR) is 219 cm³/mol. The van der Waals surface area contributed by atoms with Gasteiger partial charge in [-0.2, -0.15) is 13.0 Å². The van der Waals surface area contributed by atoms with E-state index >= 15 is 0 Å². The number of para-hydroxylation sites is 2. The van der Waals surface area contributed by atoms with Gasteiger partial charge in [0.05, 0.1) is 21.3 Å². The minimum Gasteiger partial charge on any atom is -0.748 e. The summed E-state index contributed by atoms with van der Waals surface area (Å²) in [6, 6.07) is 16.8. The lowest BCUT2D eigenvalue weighted by molar-refractivity contribution is -0.438. The van der Waals surface area contributed by atoms with Crippen LogP contribution in [0.1, 0.15) is 104 Å². The van der Waals surface area contributed by atoms with Crippen molar-refractivity contribution in [3.8, 4) is 0 Å². The molecule has 0 saturated heterocycles. The van der Waals surface area contributed by atoms with Crippen molar-refractivity contribution in [2.75, 3.05) is 36.0 Å². The van der Waals surface area contributed by atoms with Gasteiger partial charge in [-0.3, -0.25) is 4.55 Å². The number of unbranched alkanes of at least 4 members (excludes halogenated alkanes) is 2. The average Bonchev–Trinajstić information content (AvgIpc) is 3.65. The first-order valence-corrected chi connectivity index (χ1v) is 22.7. The van der Waals surface area contributed by atoms with Crippen LogP contribution in [0.15, 0.2) is 95.4 Å². The highest BCUT2D eigenvalue weighted by Gasteiger charge is 2.44. The van der Waals surface area contributed by atoms with Crippen LogP contribution >= 0.6 is 0 Å². The van der Waals surface area contributed by atoms with E-state index in [4.69, 9.17) is 0 Å². The Balaban J connectivity index is 1.49. The lowest BCUT2D eigenvalue weighted by atomic mass is 9.81. The number of hydrogen-bond donors (Lipinski definition) is 2. The zero-order valence-electron chi connectivity index (χ0n) is 32.9. The summed E-state index contributed by atoms with van der Waals surface area (Å²) in [5, 5.41) is 3.83. The Hall–Kier alpha value is -3.51. The van der Waals surface area contributed by atoms with Crippen LogP contribution in [0.25, 0.3) is 0 Å². The third-order valence-corrected chi connectivity index (χ3v) is 12.7. The number of hydrogen-bond acceptors (Lipinski definition) is 7. The molecule has 9 nitrogen and oxygen atoms in total. The molecule has 0 spiro atoms. The molecule has 3 aliphatic rings. The van der Waals surface area contributed by atoms with Crippen molar-refractivity contribution >= 4 is 37.3 Å². The normalized spacial score (nSPS) is 19.6. The molecule has 294 valence electrons. The summed E-state index contributed by atoms with van der Waals surface area (Å²) in [6.07, 6.45) is 14.9. The first kappa shape index (κ1) is 41.6. The minimum atomic E-state index is -4.25. The van der Waals surface area contributed by atoms with E-state index in [9.17, 15) is 25.9 Å². The molecule has 2 aromatic carbocycles. The molecule has 1 aliphatic carbocycles. The van der Waals surface area contributed by atoms with Gasteiger partial charge in [-0.05, 0) is 93.6 Å². The maximum absolute atomic E-state index is 11.4. The van der Waals surface area contributed by atoms with Gasteiger partial charge in [-0.25, -0.2) is 8.42 Å². The van der Waals surface area contributed by atoms with Gasteiger partial charge in [-0.1, -0.05) is 76.2 Å². The van der Waals surface area contributed by atoms with Gasteiger partial charge in [0.1, 0.15) is 6.54 Å². The Morgan fingerprint density at radius 3 is 2.24 bits per heavy atom. The molecule has 0 unspecified atom stereocenters. The maximum atomic E-state index is 11.4. The van der Waals surface area contributed by atoms with Gasteiger partial charge in [0, 0.05) is 65.5 Å². The van der Waals surface area contributed by atoms with Gasteiger partial charge in [0.15, 0.2) is 5.71 Å². The number of fused-ring (bicyclic) bond motifs is 2. The molecule has 2 N–H and O–H groups in total. The van der Waals surface area contributed by atoms with Crippen LogP contribution < -0.4 is 10.2 Å². The zero-order chi connectivity index (χ0) is 39.3. The Bertz CT molecular complexity index is 2070. The van der Waals surface area contributed by atoms with Crippen LogP contribution in [0.5, 0.6) is 0 Å². The summed E-state index contributed by atoms with van der Waals surface area (Å²) in [6.45, 7) is 15.6. The van der Waals surface area contributed by atoms with Crippen LogP contribution in [0.3, 0.4) is 0 Å². The Morgan fingerprint density at radius 1 is 0.852 bits per heavy atom. The van der Waals surface area contributed by atoms with Gasteiger partial charge in [0.25, 0.3) is 10.1 Å². The quantitative estimate of drug-likeness (QED) is 0.0879. The summed E-state index contributed by atoms with van der Waals surface area (Å²) in [5.74, 6) is 0.0322. The standard InChI is InChI=1S/C43H59N3O6S2/c1-32(2)16-15-27-44-41-33(23-25-39-42(3,4)35-17-7-9-19-37(35)45(39)28-11-13-30-53(47,48)49)21-22-34(41)24-26-40-43(5,6)36-18-8-10-20-38(36)46(40)29-12-14-31-54(50,51)52/h7-10,17-20,23-26,32H,11-16,21-22,27-31H2,1-6H3,(H2,47,48,49,50,51,52)/b33-23+,39-25+. The van der Waals surface area contributed by atoms with E-state index in [1.54, 1.807) is 0 Å². The predicted octanol–water partition coefficient (Wildman–Crippen LogP) is 8.29. The topological polar surface area (TPSA) is 130 Å². The Labute approximate surface area is 324 Å². The highest BCUT2D eigenvalue weighted by Crippen LogP contribution is 2.48. The van der Waals surface area contributed by atoms with Crippen LogP contribution in [-0.2, 0) is 31.1 Å². The lowest BCUT2D eigenvalue weighted by Gasteiger charge is -2.27. The van der Waals surface area contributed by atoms with E-state index in [0.717, 1.165) is 55.0 Å². The number of allylic oxidation sites excluding steroid dienone is 7. The average molecular weight is 778 g/mol. The molecule has 0 amide bonds. The van der Waals surface area contributed by atoms with Crippen molar-refractivity contribution < 1.29 is 30.5 Å². The number of anilines is 1. The first-order chi connectivity index (χ1) is 25.4. The van der Waals surface area contributed by atoms with Crippen molar-refractivity contribution in [3.05, 3.63) is 107 Å². The van der Waals surface area contributed by atoms with Gasteiger partial charge in [-0.15, -0.1) is 0 Å². The Morgan fingerprint density at radius 2 is 1.54 bits per heavy atom. The fraction of sp³-hybridized carbons (Fsp3) is 0.512. The molecule has 0 saturated carbocycles. The largest absolute Gasteiger partial charge is 0.748 e. The SMILES string of the molecule is CC(C)CCCNC1=C(/C=C/C2=[N+](CCCCS(=O)(=O)O)c3ccccc3C2(C)C)CC/C1=C\C=C1\N(CCCCS(=O)(=O)[O-])c2ccccc2C1(C)C. The second-order valence-corrected chi connectivity index (χ2v) is 19.5. The molecular weight excluding hydrogens is 719 g/mol.